The maximum absolute atomic E-state index is 9.00. The largest absolute Gasteiger partial charge is 0.394 e. The summed E-state index contributed by atoms with van der Waals surface area (Å²) in [6.07, 6.45) is 4.84. The molecule has 0 bridgehead atoms. The van der Waals surface area contributed by atoms with Gasteiger partial charge < -0.3 is 15.5 Å². The number of aliphatic hydroxyl groups excluding tert-OH is 2. The Morgan fingerprint density at radius 2 is 2.07 bits per heavy atom. The summed E-state index contributed by atoms with van der Waals surface area (Å²) in [4.78, 5) is 7.97. The van der Waals surface area contributed by atoms with Crippen LogP contribution in [0.15, 0.2) is 18.6 Å². The van der Waals surface area contributed by atoms with Crippen LogP contribution in [0.2, 0.25) is 0 Å². The molecule has 0 radical (unpaired) electrons. The highest BCUT2D eigenvalue weighted by molar-refractivity contribution is 4.96. The summed E-state index contributed by atoms with van der Waals surface area (Å²) in [6.45, 7) is 1.97. The van der Waals surface area contributed by atoms with E-state index in [9.17, 15) is 0 Å². The lowest BCUT2D eigenvalue weighted by atomic mass is 10.1. The van der Waals surface area contributed by atoms with Gasteiger partial charge in [0.25, 0.3) is 0 Å². The quantitative estimate of drug-likeness (QED) is 0.582. The lowest BCUT2D eigenvalue weighted by molar-refractivity contribution is 0.103. The van der Waals surface area contributed by atoms with Gasteiger partial charge in [0.05, 0.1) is 24.4 Å². The smallest absolute Gasteiger partial charge is 0.0724 e. The number of aromatic nitrogens is 2. The number of rotatable bonds is 5. The van der Waals surface area contributed by atoms with E-state index in [1.54, 1.807) is 25.5 Å². The van der Waals surface area contributed by atoms with E-state index in [1.807, 2.05) is 0 Å². The van der Waals surface area contributed by atoms with Gasteiger partial charge in [0.15, 0.2) is 0 Å². The van der Waals surface area contributed by atoms with Gasteiger partial charge in [-0.25, -0.2) is 0 Å². The normalized spacial score (nSPS) is 11.6. The van der Waals surface area contributed by atoms with Crippen molar-refractivity contribution in [2.24, 2.45) is 0 Å². The molecule has 5 heteroatoms. The zero-order valence-corrected chi connectivity index (χ0v) is 8.14. The van der Waals surface area contributed by atoms with Gasteiger partial charge in [0.2, 0.25) is 0 Å². The van der Waals surface area contributed by atoms with Gasteiger partial charge in [0.1, 0.15) is 0 Å². The summed E-state index contributed by atoms with van der Waals surface area (Å²) in [5, 5.41) is 21.0. The molecule has 3 N–H and O–H groups in total. The van der Waals surface area contributed by atoms with Gasteiger partial charge in [-0.05, 0) is 6.92 Å². The van der Waals surface area contributed by atoms with E-state index in [0.717, 1.165) is 5.69 Å². The van der Waals surface area contributed by atoms with Gasteiger partial charge in [0, 0.05) is 25.1 Å². The maximum Gasteiger partial charge on any atom is 0.0724 e. The highest BCUT2D eigenvalue weighted by Crippen LogP contribution is 2.02. The molecule has 0 saturated heterocycles. The molecule has 0 atom stereocenters. The van der Waals surface area contributed by atoms with Crippen LogP contribution < -0.4 is 5.32 Å². The van der Waals surface area contributed by atoms with Crippen LogP contribution in [0.1, 0.15) is 12.6 Å². The fourth-order valence-corrected chi connectivity index (χ4v) is 0.887. The van der Waals surface area contributed by atoms with Crippen LogP contribution in [0, 0.1) is 0 Å². The molecule has 0 fully saturated rings. The second-order valence-corrected chi connectivity index (χ2v) is 3.43. The van der Waals surface area contributed by atoms with Crippen LogP contribution >= 0.6 is 0 Å². The second-order valence-electron chi connectivity index (χ2n) is 3.43. The number of hydrogen-bond donors (Lipinski definition) is 3. The van der Waals surface area contributed by atoms with Crippen molar-refractivity contribution in [3.05, 3.63) is 24.3 Å². The predicted octanol–water partition coefficient (Wildman–Crippen LogP) is -0.691. The van der Waals surface area contributed by atoms with Gasteiger partial charge in [-0.2, -0.15) is 0 Å². The minimum atomic E-state index is -0.669. The first-order valence-corrected chi connectivity index (χ1v) is 4.42. The molecule has 0 unspecified atom stereocenters. The average molecular weight is 197 g/mol. The number of hydrogen-bond acceptors (Lipinski definition) is 5. The van der Waals surface area contributed by atoms with Crippen molar-refractivity contribution in [3.63, 3.8) is 0 Å². The second kappa shape index (κ2) is 4.99. The van der Waals surface area contributed by atoms with Gasteiger partial charge in [-0.1, -0.05) is 0 Å². The van der Waals surface area contributed by atoms with Crippen molar-refractivity contribution in [1.82, 2.24) is 15.3 Å². The van der Waals surface area contributed by atoms with Gasteiger partial charge >= 0.3 is 0 Å². The fourth-order valence-electron chi connectivity index (χ4n) is 0.887. The molecule has 0 aliphatic carbocycles. The van der Waals surface area contributed by atoms with Gasteiger partial charge in [-0.15, -0.1) is 0 Å². The number of nitrogens with one attached hydrogen (secondary N) is 1. The molecule has 0 saturated carbocycles. The third-order valence-corrected chi connectivity index (χ3v) is 2.01. The van der Waals surface area contributed by atoms with Crippen molar-refractivity contribution in [3.8, 4) is 0 Å². The molecule has 0 aliphatic heterocycles. The molecule has 78 valence electrons. The van der Waals surface area contributed by atoms with Crippen LogP contribution in [0.5, 0.6) is 0 Å². The Bertz CT molecular complexity index is 262. The lowest BCUT2D eigenvalue weighted by Crippen LogP contribution is -2.48. The van der Waals surface area contributed by atoms with E-state index in [-0.39, 0.29) is 13.2 Å². The number of nitrogens with zero attached hydrogens (tertiary/aromatic N) is 2. The molecule has 1 aromatic rings. The lowest BCUT2D eigenvalue weighted by Gasteiger charge is -2.25. The van der Waals surface area contributed by atoms with Crippen LogP contribution in [0.4, 0.5) is 0 Å². The average Bonchev–Trinajstić information content (AvgIpc) is 2.27. The zero-order valence-electron chi connectivity index (χ0n) is 8.14. The molecule has 14 heavy (non-hydrogen) atoms. The van der Waals surface area contributed by atoms with Crippen molar-refractivity contribution in [1.29, 1.82) is 0 Å². The van der Waals surface area contributed by atoms with Crippen LogP contribution in [0.25, 0.3) is 0 Å². The summed E-state index contributed by atoms with van der Waals surface area (Å²) in [5.41, 5.74) is 0.109. The van der Waals surface area contributed by atoms with E-state index in [4.69, 9.17) is 10.2 Å². The summed E-state index contributed by atoms with van der Waals surface area (Å²) >= 11 is 0. The van der Waals surface area contributed by atoms with Crippen LogP contribution in [0.3, 0.4) is 0 Å². The highest BCUT2D eigenvalue weighted by atomic mass is 16.3. The molecule has 0 amide bonds. The Hall–Kier alpha value is -1.04. The first-order chi connectivity index (χ1) is 6.70. The SMILES string of the molecule is CC(CO)(CO)NCc1cnccn1. The summed E-state index contributed by atoms with van der Waals surface area (Å²) in [7, 11) is 0. The van der Waals surface area contributed by atoms with Crippen LogP contribution in [-0.2, 0) is 6.54 Å². The monoisotopic (exact) mass is 197 g/mol. The summed E-state index contributed by atoms with van der Waals surface area (Å²) in [5.74, 6) is 0. The zero-order chi connectivity index (χ0) is 10.4. The molecular weight excluding hydrogens is 182 g/mol. The molecular formula is C9H15N3O2. The van der Waals surface area contributed by atoms with Gasteiger partial charge in [-0.3, -0.25) is 9.97 Å². The maximum atomic E-state index is 9.00. The van der Waals surface area contributed by atoms with Crippen molar-refractivity contribution >= 4 is 0 Å². The third-order valence-electron chi connectivity index (χ3n) is 2.01. The Balaban J connectivity index is 2.48. The Labute approximate surface area is 82.8 Å². The van der Waals surface area contributed by atoms with Crippen molar-refractivity contribution < 1.29 is 10.2 Å². The summed E-state index contributed by atoms with van der Waals surface area (Å²) < 4.78 is 0. The molecule has 5 nitrogen and oxygen atoms in total. The molecule has 0 aromatic carbocycles. The first-order valence-electron chi connectivity index (χ1n) is 4.42. The molecule has 1 rings (SSSR count). The van der Waals surface area contributed by atoms with Crippen molar-refractivity contribution in [2.75, 3.05) is 13.2 Å². The number of aliphatic hydroxyl groups is 2. The fraction of sp³-hybridized carbons (Fsp3) is 0.556. The highest BCUT2D eigenvalue weighted by Gasteiger charge is 2.21. The van der Waals surface area contributed by atoms with E-state index in [2.05, 4.69) is 15.3 Å². The molecule has 0 spiro atoms. The summed E-state index contributed by atoms with van der Waals surface area (Å²) in [6, 6.07) is 0. The molecule has 1 heterocycles. The van der Waals surface area contributed by atoms with E-state index in [0.29, 0.717) is 6.54 Å². The standard InChI is InChI=1S/C9H15N3O2/c1-9(6-13,7-14)12-5-8-4-10-2-3-11-8/h2-4,12-14H,5-7H2,1H3. The third kappa shape index (κ3) is 3.02. The molecule has 1 aromatic heterocycles. The Kier molecular flexibility index (Phi) is 3.94. The predicted molar refractivity (Wildman–Crippen MR) is 51.4 cm³/mol. The van der Waals surface area contributed by atoms with E-state index < -0.39 is 5.54 Å². The Morgan fingerprint density at radius 3 is 2.57 bits per heavy atom. The topological polar surface area (TPSA) is 78.3 Å². The van der Waals surface area contributed by atoms with Crippen LogP contribution in [-0.4, -0.2) is 38.9 Å². The minimum absolute atomic E-state index is 0.121. The molecule has 0 aliphatic rings. The van der Waals surface area contributed by atoms with Crippen molar-refractivity contribution in [2.45, 2.75) is 19.0 Å². The Morgan fingerprint density at radius 1 is 1.36 bits per heavy atom. The first kappa shape index (κ1) is 11.0. The van der Waals surface area contributed by atoms with E-state index >= 15 is 0 Å². The minimum Gasteiger partial charge on any atom is -0.394 e. The van der Waals surface area contributed by atoms with E-state index in [1.165, 1.54) is 0 Å².